The van der Waals surface area contributed by atoms with E-state index < -0.39 is 0 Å². The molecule has 0 unspecified atom stereocenters. The Morgan fingerprint density at radius 2 is 1.87 bits per heavy atom. The molecule has 0 aliphatic carbocycles. The average molecular weight is 202 g/mol. The Morgan fingerprint density at radius 1 is 1.13 bits per heavy atom. The maximum Gasteiger partial charge on any atom is 0.194 e. The normalized spacial score (nSPS) is 10.5. The van der Waals surface area contributed by atoms with Crippen molar-refractivity contribution in [2.45, 2.75) is 13.8 Å². The van der Waals surface area contributed by atoms with Crippen molar-refractivity contribution < 1.29 is 14.0 Å². The Bertz CT molecular complexity index is 549. The summed E-state index contributed by atoms with van der Waals surface area (Å²) < 4.78 is 5.35. The van der Waals surface area contributed by atoms with Crippen LogP contribution in [0.5, 0.6) is 0 Å². The summed E-state index contributed by atoms with van der Waals surface area (Å²) in [6.45, 7) is 2.91. The number of hydrogen-bond acceptors (Lipinski definition) is 3. The number of rotatable bonds is 2. The monoisotopic (exact) mass is 202 g/mol. The van der Waals surface area contributed by atoms with E-state index in [-0.39, 0.29) is 11.6 Å². The largest absolute Gasteiger partial charge is 0.452 e. The molecule has 0 saturated carbocycles. The van der Waals surface area contributed by atoms with E-state index in [0.29, 0.717) is 16.9 Å². The molecule has 1 heterocycles. The van der Waals surface area contributed by atoms with Crippen molar-refractivity contribution in [3.05, 3.63) is 35.6 Å². The highest BCUT2D eigenvalue weighted by molar-refractivity contribution is 6.06. The second kappa shape index (κ2) is 3.35. The maximum absolute atomic E-state index is 11.3. The maximum atomic E-state index is 11.3. The predicted molar refractivity (Wildman–Crippen MR) is 56.2 cm³/mol. The number of benzene rings is 1. The molecule has 2 aromatic rings. The van der Waals surface area contributed by atoms with Crippen molar-refractivity contribution in [3.8, 4) is 0 Å². The van der Waals surface area contributed by atoms with Gasteiger partial charge in [-0.15, -0.1) is 0 Å². The fourth-order valence-electron chi connectivity index (χ4n) is 1.51. The van der Waals surface area contributed by atoms with Crippen LogP contribution in [0.4, 0.5) is 0 Å². The van der Waals surface area contributed by atoms with Crippen LogP contribution in [0.3, 0.4) is 0 Å². The van der Waals surface area contributed by atoms with Crippen molar-refractivity contribution in [1.29, 1.82) is 0 Å². The van der Waals surface area contributed by atoms with E-state index >= 15 is 0 Å². The van der Waals surface area contributed by atoms with E-state index in [1.165, 1.54) is 13.8 Å². The highest BCUT2D eigenvalue weighted by Gasteiger charge is 2.12. The molecule has 0 spiro atoms. The summed E-state index contributed by atoms with van der Waals surface area (Å²) >= 11 is 0. The van der Waals surface area contributed by atoms with Gasteiger partial charge >= 0.3 is 0 Å². The smallest absolute Gasteiger partial charge is 0.194 e. The molecule has 0 atom stereocenters. The van der Waals surface area contributed by atoms with E-state index in [0.717, 1.165) is 5.39 Å². The lowest BCUT2D eigenvalue weighted by Crippen LogP contribution is -1.91. The molecule has 0 fully saturated rings. The van der Waals surface area contributed by atoms with Gasteiger partial charge in [-0.25, -0.2) is 0 Å². The number of carbonyl (C=O) groups is 2. The van der Waals surface area contributed by atoms with Gasteiger partial charge < -0.3 is 4.42 Å². The fourth-order valence-corrected chi connectivity index (χ4v) is 1.51. The topological polar surface area (TPSA) is 47.3 Å². The zero-order valence-corrected chi connectivity index (χ0v) is 8.53. The predicted octanol–water partition coefficient (Wildman–Crippen LogP) is 2.84. The van der Waals surface area contributed by atoms with Gasteiger partial charge in [0.15, 0.2) is 17.3 Å². The molecule has 0 radical (unpaired) electrons. The zero-order valence-electron chi connectivity index (χ0n) is 8.53. The van der Waals surface area contributed by atoms with E-state index in [9.17, 15) is 9.59 Å². The summed E-state index contributed by atoms with van der Waals surface area (Å²) in [4.78, 5) is 22.4. The molecule has 0 amide bonds. The van der Waals surface area contributed by atoms with Gasteiger partial charge in [0.2, 0.25) is 0 Å². The minimum Gasteiger partial charge on any atom is -0.452 e. The van der Waals surface area contributed by atoms with Crippen LogP contribution in [-0.4, -0.2) is 11.6 Å². The molecular formula is C12H10O3. The molecule has 1 aromatic heterocycles. The summed E-state index contributed by atoms with van der Waals surface area (Å²) in [6.07, 6.45) is 0. The Kier molecular flexibility index (Phi) is 2.15. The van der Waals surface area contributed by atoms with Gasteiger partial charge in [-0.2, -0.15) is 0 Å². The number of hydrogen-bond donors (Lipinski definition) is 0. The quantitative estimate of drug-likeness (QED) is 0.703. The van der Waals surface area contributed by atoms with Crippen molar-refractivity contribution in [2.75, 3.05) is 0 Å². The third-order valence-corrected chi connectivity index (χ3v) is 2.27. The minimum atomic E-state index is -0.138. The van der Waals surface area contributed by atoms with Gasteiger partial charge in [0.1, 0.15) is 5.58 Å². The SMILES string of the molecule is CC(=O)c1cc2cccc(C(C)=O)c2o1. The van der Waals surface area contributed by atoms with Crippen LogP contribution in [0.2, 0.25) is 0 Å². The lowest BCUT2D eigenvalue weighted by Gasteiger charge is -1.95. The molecule has 3 heteroatoms. The van der Waals surface area contributed by atoms with Crippen molar-refractivity contribution in [3.63, 3.8) is 0 Å². The third kappa shape index (κ3) is 1.56. The number of fused-ring (bicyclic) bond motifs is 1. The standard InChI is InChI=1S/C12H10O3/c1-7(13)10-5-3-4-9-6-11(8(2)14)15-12(9)10/h3-6H,1-2H3. The molecule has 3 nitrogen and oxygen atoms in total. The van der Waals surface area contributed by atoms with Crippen LogP contribution in [0.25, 0.3) is 11.0 Å². The molecule has 15 heavy (non-hydrogen) atoms. The summed E-state index contributed by atoms with van der Waals surface area (Å²) in [5.41, 5.74) is 1.01. The summed E-state index contributed by atoms with van der Waals surface area (Å²) in [7, 11) is 0. The molecule has 0 bridgehead atoms. The Labute approximate surface area is 86.7 Å². The third-order valence-electron chi connectivity index (χ3n) is 2.27. The van der Waals surface area contributed by atoms with E-state index in [1.54, 1.807) is 18.2 Å². The van der Waals surface area contributed by atoms with Crippen molar-refractivity contribution in [2.24, 2.45) is 0 Å². The molecule has 2 rings (SSSR count). The minimum absolute atomic E-state index is 0.0648. The second-order valence-corrected chi connectivity index (χ2v) is 3.45. The van der Waals surface area contributed by atoms with E-state index in [2.05, 4.69) is 0 Å². The number of carbonyl (C=O) groups excluding carboxylic acids is 2. The first-order valence-corrected chi connectivity index (χ1v) is 4.64. The first kappa shape index (κ1) is 9.65. The lowest BCUT2D eigenvalue weighted by molar-refractivity contribution is 0.0983. The second-order valence-electron chi connectivity index (χ2n) is 3.45. The molecule has 0 N–H and O–H groups in total. The number of Topliss-reactive ketones (excluding diaryl/α,β-unsaturated/α-hetero) is 2. The number of ketones is 2. The highest BCUT2D eigenvalue weighted by atomic mass is 16.3. The van der Waals surface area contributed by atoms with Crippen LogP contribution in [0.15, 0.2) is 28.7 Å². The molecule has 0 saturated heterocycles. The van der Waals surface area contributed by atoms with Crippen LogP contribution in [0.1, 0.15) is 34.8 Å². The average Bonchev–Trinajstić information content (AvgIpc) is 2.60. The van der Waals surface area contributed by atoms with Crippen LogP contribution < -0.4 is 0 Å². The molecule has 0 aliphatic heterocycles. The molecule has 1 aromatic carbocycles. The van der Waals surface area contributed by atoms with Crippen molar-refractivity contribution in [1.82, 2.24) is 0 Å². The molecule has 0 aliphatic rings. The molecular weight excluding hydrogens is 192 g/mol. The number of para-hydroxylation sites is 1. The Morgan fingerprint density at radius 3 is 2.47 bits per heavy atom. The van der Waals surface area contributed by atoms with Crippen molar-refractivity contribution >= 4 is 22.5 Å². The summed E-state index contributed by atoms with van der Waals surface area (Å²) in [6, 6.07) is 6.94. The van der Waals surface area contributed by atoms with Gasteiger partial charge in [-0.05, 0) is 19.1 Å². The summed E-state index contributed by atoms with van der Waals surface area (Å²) in [5.74, 6) is 0.0875. The first-order chi connectivity index (χ1) is 7.09. The first-order valence-electron chi connectivity index (χ1n) is 4.64. The van der Waals surface area contributed by atoms with Gasteiger partial charge in [-0.1, -0.05) is 12.1 Å². The fraction of sp³-hybridized carbons (Fsp3) is 0.167. The highest BCUT2D eigenvalue weighted by Crippen LogP contribution is 2.23. The van der Waals surface area contributed by atoms with E-state index in [1.807, 2.05) is 6.07 Å². The van der Waals surface area contributed by atoms with Gasteiger partial charge in [0.25, 0.3) is 0 Å². The van der Waals surface area contributed by atoms with Gasteiger partial charge in [0, 0.05) is 12.3 Å². The Hall–Kier alpha value is -1.90. The molecule has 76 valence electrons. The van der Waals surface area contributed by atoms with Crippen LogP contribution in [0, 0.1) is 0 Å². The number of furan rings is 1. The summed E-state index contributed by atoms with van der Waals surface area (Å²) in [5, 5.41) is 0.785. The lowest BCUT2D eigenvalue weighted by atomic mass is 10.1. The van der Waals surface area contributed by atoms with Gasteiger partial charge in [-0.3, -0.25) is 9.59 Å². The van der Waals surface area contributed by atoms with E-state index in [4.69, 9.17) is 4.42 Å². The van der Waals surface area contributed by atoms with Crippen LogP contribution >= 0.6 is 0 Å². The van der Waals surface area contributed by atoms with Gasteiger partial charge in [0.05, 0.1) is 5.56 Å². The zero-order chi connectivity index (χ0) is 11.0. The Balaban J connectivity index is 2.75. The van der Waals surface area contributed by atoms with Crippen LogP contribution in [-0.2, 0) is 0 Å².